The van der Waals surface area contributed by atoms with Crippen LogP contribution in [0.1, 0.15) is 75.2 Å². The number of carbonyl (C=O) groups is 2. The average molecular weight is 445 g/mol. The van der Waals surface area contributed by atoms with Gasteiger partial charge in [0.15, 0.2) is 9.04 Å². The van der Waals surface area contributed by atoms with E-state index in [1.165, 1.54) is 0 Å². The van der Waals surface area contributed by atoms with Gasteiger partial charge in [0.25, 0.3) is 0 Å². The monoisotopic (exact) mass is 444 g/mol. The summed E-state index contributed by atoms with van der Waals surface area (Å²) in [5.74, 6) is 0.263. The van der Waals surface area contributed by atoms with Crippen molar-refractivity contribution < 1.29 is 23.5 Å². The van der Waals surface area contributed by atoms with E-state index in [9.17, 15) is 9.59 Å². The SMILES string of the molecule is C[SiH](C)O[C@@]1(CCNC(=O)OC(C)(C)C)C[C@H](C(C)(C)C)CN1C(=O)OC(C)(C)C. The first-order valence-corrected chi connectivity index (χ1v) is 13.8. The predicted molar refractivity (Wildman–Crippen MR) is 122 cm³/mol. The van der Waals surface area contributed by atoms with Crippen LogP contribution in [-0.2, 0) is 13.9 Å². The van der Waals surface area contributed by atoms with E-state index in [0.29, 0.717) is 19.5 Å². The summed E-state index contributed by atoms with van der Waals surface area (Å²) in [5, 5.41) is 2.82. The Labute approximate surface area is 184 Å². The number of hydrogen-bond donors (Lipinski definition) is 1. The fraction of sp³-hybridized carbons (Fsp3) is 0.909. The van der Waals surface area contributed by atoms with Crippen molar-refractivity contribution in [2.45, 2.75) is 105 Å². The van der Waals surface area contributed by atoms with Crippen LogP contribution in [-0.4, -0.2) is 56.1 Å². The van der Waals surface area contributed by atoms with Crippen molar-refractivity contribution in [3.63, 3.8) is 0 Å². The summed E-state index contributed by atoms with van der Waals surface area (Å²) < 4.78 is 17.6. The van der Waals surface area contributed by atoms with Crippen molar-refractivity contribution >= 4 is 21.2 Å². The summed E-state index contributed by atoms with van der Waals surface area (Å²) in [5.41, 5.74) is -1.92. The first kappa shape index (κ1) is 26.8. The molecule has 2 amide bonds. The maximum Gasteiger partial charge on any atom is 0.412 e. The number of hydrogen-bond acceptors (Lipinski definition) is 5. The van der Waals surface area contributed by atoms with Gasteiger partial charge in [-0.3, -0.25) is 4.90 Å². The lowest BCUT2D eigenvalue weighted by molar-refractivity contribution is -0.0723. The molecular formula is C22H44N2O5Si. The number of nitrogens with zero attached hydrogens (tertiary/aromatic N) is 1. The van der Waals surface area contributed by atoms with Crippen molar-refractivity contribution in [2.24, 2.45) is 11.3 Å². The van der Waals surface area contributed by atoms with Gasteiger partial charge in [0, 0.05) is 19.5 Å². The van der Waals surface area contributed by atoms with Gasteiger partial charge in [0.2, 0.25) is 0 Å². The highest BCUT2D eigenvalue weighted by molar-refractivity contribution is 6.48. The van der Waals surface area contributed by atoms with E-state index in [4.69, 9.17) is 13.9 Å². The van der Waals surface area contributed by atoms with E-state index >= 15 is 0 Å². The van der Waals surface area contributed by atoms with Crippen LogP contribution in [0.3, 0.4) is 0 Å². The Morgan fingerprint density at radius 2 is 1.53 bits per heavy atom. The van der Waals surface area contributed by atoms with Crippen LogP contribution >= 0.6 is 0 Å². The molecule has 30 heavy (non-hydrogen) atoms. The van der Waals surface area contributed by atoms with Gasteiger partial charge >= 0.3 is 12.2 Å². The normalized spacial score (nSPS) is 22.9. The summed E-state index contributed by atoms with van der Waals surface area (Å²) in [7, 11) is -1.50. The Morgan fingerprint density at radius 3 is 1.97 bits per heavy atom. The predicted octanol–water partition coefficient (Wildman–Crippen LogP) is 4.90. The van der Waals surface area contributed by atoms with E-state index in [0.717, 1.165) is 6.42 Å². The Hall–Kier alpha value is -1.28. The molecule has 1 aliphatic rings. The van der Waals surface area contributed by atoms with Gasteiger partial charge in [-0.05, 0) is 72.4 Å². The van der Waals surface area contributed by atoms with Crippen LogP contribution in [0.2, 0.25) is 13.1 Å². The molecule has 0 bridgehead atoms. The Kier molecular flexibility index (Phi) is 8.44. The van der Waals surface area contributed by atoms with Gasteiger partial charge in [0.05, 0.1) is 0 Å². The number of alkyl carbamates (subject to hydrolysis) is 1. The van der Waals surface area contributed by atoms with Crippen molar-refractivity contribution in [1.29, 1.82) is 0 Å². The van der Waals surface area contributed by atoms with Crippen molar-refractivity contribution in [3.05, 3.63) is 0 Å². The molecule has 0 spiro atoms. The van der Waals surface area contributed by atoms with E-state index in [1.54, 1.807) is 4.90 Å². The number of carbonyl (C=O) groups excluding carboxylic acids is 2. The first-order valence-electron chi connectivity index (χ1n) is 11.0. The van der Waals surface area contributed by atoms with Gasteiger partial charge in [-0.1, -0.05) is 20.8 Å². The smallest absolute Gasteiger partial charge is 0.412 e. The molecule has 8 heteroatoms. The first-order chi connectivity index (χ1) is 13.3. The van der Waals surface area contributed by atoms with Gasteiger partial charge in [-0.2, -0.15) is 0 Å². The second-order valence-corrected chi connectivity index (χ2v) is 14.0. The van der Waals surface area contributed by atoms with Gasteiger partial charge in [-0.15, -0.1) is 0 Å². The highest BCUT2D eigenvalue weighted by Gasteiger charge is 2.52. The quantitative estimate of drug-likeness (QED) is 0.610. The number of amides is 2. The average Bonchev–Trinajstić information content (AvgIpc) is 2.82. The molecule has 1 rings (SSSR count). The van der Waals surface area contributed by atoms with Crippen LogP contribution in [0.4, 0.5) is 9.59 Å². The summed E-state index contributed by atoms with van der Waals surface area (Å²) in [4.78, 5) is 27.0. The second-order valence-electron chi connectivity index (χ2n) is 11.6. The molecule has 2 atom stereocenters. The van der Waals surface area contributed by atoms with Gasteiger partial charge < -0.3 is 19.2 Å². The molecule has 7 nitrogen and oxygen atoms in total. The maximum atomic E-state index is 13.1. The minimum absolute atomic E-state index is 0.0164. The zero-order chi connectivity index (χ0) is 23.5. The topological polar surface area (TPSA) is 77.1 Å². The van der Waals surface area contributed by atoms with Crippen molar-refractivity contribution in [2.75, 3.05) is 13.1 Å². The highest BCUT2D eigenvalue weighted by atomic mass is 28.3. The summed E-state index contributed by atoms with van der Waals surface area (Å²) in [6, 6.07) is 0. The molecule has 1 saturated heterocycles. The van der Waals surface area contributed by atoms with E-state index < -0.39 is 32.1 Å². The molecule has 1 fully saturated rings. The van der Waals surface area contributed by atoms with Crippen molar-refractivity contribution in [3.8, 4) is 0 Å². The van der Waals surface area contributed by atoms with E-state index in [-0.39, 0.29) is 17.4 Å². The number of nitrogens with one attached hydrogen (secondary N) is 1. The molecule has 0 aliphatic carbocycles. The lowest BCUT2D eigenvalue weighted by atomic mass is 9.78. The van der Waals surface area contributed by atoms with E-state index in [2.05, 4.69) is 39.2 Å². The third-order valence-corrected chi connectivity index (χ3v) is 5.85. The Balaban J connectivity index is 3.10. The largest absolute Gasteiger partial charge is 0.444 e. The second kappa shape index (κ2) is 9.47. The highest BCUT2D eigenvalue weighted by Crippen LogP contribution is 2.45. The van der Waals surface area contributed by atoms with Crippen molar-refractivity contribution in [1.82, 2.24) is 10.2 Å². The third-order valence-electron chi connectivity index (χ3n) is 4.94. The Morgan fingerprint density at radius 1 is 1.00 bits per heavy atom. The molecule has 0 unspecified atom stereocenters. The summed E-state index contributed by atoms with van der Waals surface area (Å²) in [6.07, 6.45) is 0.384. The molecule has 0 aromatic heterocycles. The molecule has 1 heterocycles. The minimum atomic E-state index is -1.50. The number of rotatable bonds is 5. The maximum absolute atomic E-state index is 13.1. The van der Waals surface area contributed by atoms with Crippen LogP contribution < -0.4 is 5.32 Å². The summed E-state index contributed by atoms with van der Waals surface area (Å²) in [6.45, 7) is 22.8. The molecule has 0 radical (unpaired) electrons. The zero-order valence-corrected chi connectivity index (χ0v) is 22.1. The lowest BCUT2D eigenvalue weighted by Crippen LogP contribution is -2.54. The third kappa shape index (κ3) is 8.45. The summed E-state index contributed by atoms with van der Waals surface area (Å²) >= 11 is 0. The van der Waals surface area contributed by atoms with Gasteiger partial charge in [0.1, 0.15) is 16.9 Å². The lowest BCUT2D eigenvalue weighted by Gasteiger charge is -2.40. The molecule has 1 N–H and O–H groups in total. The zero-order valence-electron chi connectivity index (χ0n) is 21.0. The van der Waals surface area contributed by atoms with Crippen LogP contribution in [0.15, 0.2) is 0 Å². The molecule has 176 valence electrons. The minimum Gasteiger partial charge on any atom is -0.444 e. The molecule has 1 aliphatic heterocycles. The fourth-order valence-corrected chi connectivity index (χ4v) is 4.82. The molecule has 0 aromatic rings. The molecular weight excluding hydrogens is 400 g/mol. The standard InChI is InChI=1S/C22H44N2O5Si/c1-19(2,3)16-14-22(29-30(10)11,12-13-23-17(25)27-20(4,5)6)24(15-16)18(26)28-21(7,8)9/h16,30H,12-15H2,1-11H3,(H,23,25)/t16-,22-/m0/s1. The van der Waals surface area contributed by atoms with Crippen LogP contribution in [0.5, 0.6) is 0 Å². The van der Waals surface area contributed by atoms with E-state index in [1.807, 2.05) is 41.5 Å². The van der Waals surface area contributed by atoms with Crippen LogP contribution in [0.25, 0.3) is 0 Å². The van der Waals surface area contributed by atoms with Crippen LogP contribution in [0, 0.1) is 11.3 Å². The molecule has 0 saturated carbocycles. The number of ether oxygens (including phenoxy) is 2. The number of likely N-dealkylation sites (tertiary alicyclic amines) is 1. The van der Waals surface area contributed by atoms with Gasteiger partial charge in [-0.25, -0.2) is 9.59 Å². The fourth-order valence-electron chi connectivity index (χ4n) is 3.60. The molecule has 0 aromatic carbocycles. The Bertz CT molecular complexity index is 604.